The number of benzene rings is 3. The van der Waals surface area contributed by atoms with E-state index in [9.17, 15) is 9.59 Å². The van der Waals surface area contributed by atoms with Gasteiger partial charge in [-0.25, -0.2) is 4.90 Å². The van der Waals surface area contributed by atoms with Gasteiger partial charge < -0.3 is 5.32 Å². The number of imide groups is 1. The molecule has 3 aromatic rings. The summed E-state index contributed by atoms with van der Waals surface area (Å²) in [6.45, 7) is 7.83. The van der Waals surface area contributed by atoms with E-state index in [0.29, 0.717) is 21.8 Å². The molecule has 0 spiro atoms. The van der Waals surface area contributed by atoms with Crippen LogP contribution in [0.5, 0.6) is 0 Å². The Balaban J connectivity index is 1.86. The molecular formula is C26H23ClN2O2. The van der Waals surface area contributed by atoms with Gasteiger partial charge in [-0.15, -0.1) is 0 Å². The highest BCUT2D eigenvalue weighted by atomic mass is 35.5. The summed E-state index contributed by atoms with van der Waals surface area (Å²) in [4.78, 5) is 28.3. The molecule has 0 radical (unpaired) electrons. The van der Waals surface area contributed by atoms with E-state index >= 15 is 0 Å². The molecule has 1 N–H and O–H groups in total. The van der Waals surface area contributed by atoms with Crippen LogP contribution in [0.4, 0.5) is 11.4 Å². The minimum Gasteiger partial charge on any atom is -0.350 e. The van der Waals surface area contributed by atoms with Crippen molar-refractivity contribution in [1.29, 1.82) is 0 Å². The normalized spacial score (nSPS) is 13.9. The van der Waals surface area contributed by atoms with Gasteiger partial charge in [0.1, 0.15) is 5.70 Å². The van der Waals surface area contributed by atoms with Crippen LogP contribution in [0.15, 0.2) is 66.4 Å². The predicted molar refractivity (Wildman–Crippen MR) is 126 cm³/mol. The van der Waals surface area contributed by atoms with Crippen LogP contribution >= 0.6 is 11.6 Å². The number of hydrogen-bond acceptors (Lipinski definition) is 3. The zero-order valence-corrected chi connectivity index (χ0v) is 18.7. The summed E-state index contributed by atoms with van der Waals surface area (Å²) in [5.74, 6) is -0.767. The third kappa shape index (κ3) is 3.99. The van der Waals surface area contributed by atoms with Crippen molar-refractivity contribution >= 4 is 40.4 Å². The number of rotatable bonds is 4. The Bertz CT molecular complexity index is 1220. The number of carbonyl (C=O) groups is 2. The lowest BCUT2D eigenvalue weighted by Gasteiger charge is -2.18. The first-order valence-corrected chi connectivity index (χ1v) is 10.4. The van der Waals surface area contributed by atoms with Gasteiger partial charge in [-0.2, -0.15) is 0 Å². The zero-order chi connectivity index (χ0) is 22.3. The van der Waals surface area contributed by atoms with E-state index in [1.165, 1.54) is 4.90 Å². The second-order valence-electron chi connectivity index (χ2n) is 7.99. The SMILES string of the molecule is Cc1ccc(C2=C(Nc3cc(C)cc(C)c3)C(=O)N(c3cc(Cl)ccc3C)C2=O)cc1. The van der Waals surface area contributed by atoms with Crippen LogP contribution in [-0.4, -0.2) is 11.8 Å². The second-order valence-corrected chi connectivity index (χ2v) is 8.43. The molecule has 31 heavy (non-hydrogen) atoms. The molecule has 0 aromatic heterocycles. The molecule has 5 heteroatoms. The van der Waals surface area contributed by atoms with Crippen LogP contribution < -0.4 is 10.2 Å². The first kappa shape index (κ1) is 20.9. The van der Waals surface area contributed by atoms with Crippen molar-refractivity contribution in [1.82, 2.24) is 0 Å². The number of anilines is 2. The van der Waals surface area contributed by atoms with E-state index in [0.717, 1.165) is 27.9 Å². The Labute approximate surface area is 187 Å². The lowest BCUT2D eigenvalue weighted by Crippen LogP contribution is -2.33. The van der Waals surface area contributed by atoms with Gasteiger partial charge in [0.05, 0.1) is 11.3 Å². The van der Waals surface area contributed by atoms with Crippen LogP contribution in [0.2, 0.25) is 5.02 Å². The summed E-state index contributed by atoms with van der Waals surface area (Å²) in [7, 11) is 0. The maximum absolute atomic E-state index is 13.6. The average Bonchev–Trinajstić information content (AvgIpc) is 2.94. The molecular weight excluding hydrogens is 408 g/mol. The number of carbonyl (C=O) groups excluding carboxylic acids is 2. The smallest absolute Gasteiger partial charge is 0.282 e. The molecule has 0 saturated heterocycles. The third-order valence-corrected chi connectivity index (χ3v) is 5.56. The summed E-state index contributed by atoms with van der Waals surface area (Å²) < 4.78 is 0. The molecule has 1 aliphatic rings. The molecule has 0 bridgehead atoms. The van der Waals surface area contributed by atoms with Gasteiger partial charge in [-0.05, 0) is 74.2 Å². The van der Waals surface area contributed by atoms with Crippen molar-refractivity contribution in [2.75, 3.05) is 10.2 Å². The number of halogens is 1. The lowest BCUT2D eigenvalue weighted by atomic mass is 10.0. The lowest BCUT2D eigenvalue weighted by molar-refractivity contribution is -0.120. The Morgan fingerprint density at radius 2 is 1.39 bits per heavy atom. The van der Waals surface area contributed by atoms with Gasteiger partial charge in [0.25, 0.3) is 11.8 Å². The summed E-state index contributed by atoms with van der Waals surface area (Å²) in [5.41, 5.74) is 6.57. The summed E-state index contributed by atoms with van der Waals surface area (Å²) in [6, 6.07) is 18.8. The quantitative estimate of drug-likeness (QED) is 0.518. The fourth-order valence-corrected chi connectivity index (χ4v) is 4.03. The number of hydrogen-bond donors (Lipinski definition) is 1. The Kier molecular flexibility index (Phi) is 5.42. The molecule has 4 nitrogen and oxygen atoms in total. The van der Waals surface area contributed by atoms with Crippen LogP contribution in [0.25, 0.3) is 5.57 Å². The molecule has 156 valence electrons. The molecule has 3 aromatic carbocycles. The highest BCUT2D eigenvalue weighted by Gasteiger charge is 2.40. The van der Waals surface area contributed by atoms with Crippen molar-refractivity contribution in [2.45, 2.75) is 27.7 Å². The molecule has 1 aliphatic heterocycles. The molecule has 0 unspecified atom stereocenters. The number of nitrogens with one attached hydrogen (secondary N) is 1. The van der Waals surface area contributed by atoms with E-state index in [1.54, 1.807) is 18.2 Å². The Morgan fingerprint density at radius 3 is 2.03 bits per heavy atom. The van der Waals surface area contributed by atoms with Gasteiger partial charge in [-0.3, -0.25) is 9.59 Å². The standard InChI is InChI=1S/C26H23ClN2O2/c1-15-5-8-19(9-6-15)23-24(28-21-12-16(2)11-17(3)13-21)26(31)29(25(23)30)22-14-20(27)10-7-18(22)4/h5-14,28H,1-4H3. The number of amides is 2. The molecule has 0 atom stereocenters. The summed E-state index contributed by atoms with van der Waals surface area (Å²) >= 11 is 6.18. The molecule has 4 rings (SSSR count). The number of aryl methyl sites for hydroxylation is 4. The van der Waals surface area contributed by atoms with Crippen molar-refractivity contribution in [3.05, 3.63) is 99.2 Å². The zero-order valence-electron chi connectivity index (χ0n) is 17.9. The van der Waals surface area contributed by atoms with E-state index in [2.05, 4.69) is 11.4 Å². The first-order valence-electron chi connectivity index (χ1n) is 10.1. The van der Waals surface area contributed by atoms with Gasteiger partial charge in [0.15, 0.2) is 0 Å². The minimum atomic E-state index is -0.398. The molecule has 0 saturated carbocycles. The van der Waals surface area contributed by atoms with Gasteiger partial charge in [-0.1, -0.05) is 53.6 Å². The highest BCUT2D eigenvalue weighted by molar-refractivity contribution is 6.46. The van der Waals surface area contributed by atoms with Crippen LogP contribution in [0.3, 0.4) is 0 Å². The van der Waals surface area contributed by atoms with Crippen LogP contribution in [-0.2, 0) is 9.59 Å². The second kappa shape index (κ2) is 8.05. The van der Waals surface area contributed by atoms with Crippen molar-refractivity contribution in [3.63, 3.8) is 0 Å². The topological polar surface area (TPSA) is 49.4 Å². The van der Waals surface area contributed by atoms with Gasteiger partial charge in [0, 0.05) is 10.7 Å². The average molecular weight is 431 g/mol. The Hall–Kier alpha value is -3.37. The van der Waals surface area contributed by atoms with Crippen molar-refractivity contribution in [2.24, 2.45) is 0 Å². The molecule has 0 fully saturated rings. The fraction of sp³-hybridized carbons (Fsp3) is 0.154. The number of nitrogens with zero attached hydrogens (tertiary/aromatic N) is 1. The highest BCUT2D eigenvalue weighted by Crippen LogP contribution is 2.36. The van der Waals surface area contributed by atoms with Gasteiger partial charge in [0.2, 0.25) is 0 Å². The largest absolute Gasteiger partial charge is 0.350 e. The predicted octanol–water partition coefficient (Wildman–Crippen LogP) is 5.97. The maximum Gasteiger partial charge on any atom is 0.282 e. The van der Waals surface area contributed by atoms with Crippen molar-refractivity contribution < 1.29 is 9.59 Å². The summed E-state index contributed by atoms with van der Waals surface area (Å²) in [6.07, 6.45) is 0. The summed E-state index contributed by atoms with van der Waals surface area (Å²) in [5, 5.41) is 3.70. The first-order chi connectivity index (χ1) is 14.7. The molecule has 0 aliphatic carbocycles. The Morgan fingerprint density at radius 1 is 0.742 bits per heavy atom. The van der Waals surface area contributed by atoms with E-state index in [1.807, 2.05) is 64.1 Å². The van der Waals surface area contributed by atoms with E-state index in [4.69, 9.17) is 11.6 Å². The third-order valence-electron chi connectivity index (χ3n) is 5.33. The molecule has 1 heterocycles. The minimum absolute atomic E-state index is 0.262. The monoisotopic (exact) mass is 430 g/mol. The van der Waals surface area contributed by atoms with E-state index < -0.39 is 5.91 Å². The fourth-order valence-electron chi connectivity index (χ4n) is 3.87. The van der Waals surface area contributed by atoms with Crippen LogP contribution in [0, 0.1) is 27.7 Å². The maximum atomic E-state index is 13.6. The van der Waals surface area contributed by atoms with Crippen molar-refractivity contribution in [3.8, 4) is 0 Å². The van der Waals surface area contributed by atoms with Crippen LogP contribution in [0.1, 0.15) is 27.8 Å². The van der Waals surface area contributed by atoms with E-state index in [-0.39, 0.29) is 11.6 Å². The molecule has 2 amide bonds. The van der Waals surface area contributed by atoms with Gasteiger partial charge >= 0.3 is 0 Å².